The molecular weight excluding hydrogens is 708 g/mol. The van der Waals surface area contributed by atoms with E-state index < -0.39 is 92.3 Å². The third-order valence-corrected chi connectivity index (χ3v) is 8.27. The van der Waals surface area contributed by atoms with Gasteiger partial charge in [0.05, 0.1) is 39.5 Å². The fourth-order valence-corrected chi connectivity index (χ4v) is 5.33. The molecule has 1 fully saturated rings. The maximum absolute atomic E-state index is 12.6. The van der Waals surface area contributed by atoms with Crippen LogP contribution in [0, 0.1) is 0 Å². The predicted molar refractivity (Wildman–Crippen MR) is 189 cm³/mol. The number of nitrogens with one attached hydrogen (secondary N) is 2. The molecule has 21 nitrogen and oxygen atoms in total. The highest BCUT2D eigenvalue weighted by Gasteiger charge is 2.33. The van der Waals surface area contributed by atoms with Gasteiger partial charge in [-0.1, -0.05) is 13.8 Å². The van der Waals surface area contributed by atoms with Crippen molar-refractivity contribution in [3.05, 3.63) is 0 Å². The van der Waals surface area contributed by atoms with Crippen LogP contribution in [0.15, 0.2) is 0 Å². The molecule has 0 bridgehead atoms. The van der Waals surface area contributed by atoms with Gasteiger partial charge in [-0.3, -0.25) is 48.4 Å². The van der Waals surface area contributed by atoms with Crippen molar-refractivity contribution in [1.82, 2.24) is 30.2 Å². The molecule has 0 spiro atoms. The van der Waals surface area contributed by atoms with Gasteiger partial charge in [-0.05, 0) is 19.8 Å². The number of carbonyl (C=O) groups is 6. The summed E-state index contributed by atoms with van der Waals surface area (Å²) in [5.41, 5.74) is -1.71. The summed E-state index contributed by atoms with van der Waals surface area (Å²) >= 11 is 0. The summed E-state index contributed by atoms with van der Waals surface area (Å²) in [6, 6.07) is -3.00. The van der Waals surface area contributed by atoms with Crippen LogP contribution in [-0.4, -0.2) is 224 Å². The Morgan fingerprint density at radius 3 is 1.23 bits per heavy atom. The largest absolute Gasteiger partial charge is 0.480 e. The molecule has 0 aromatic rings. The Kier molecular flexibility index (Phi) is 28.1. The number of carbonyl (C=O) groups excluding carboxylic acids is 2. The maximum atomic E-state index is 12.6. The highest BCUT2D eigenvalue weighted by Crippen LogP contribution is 2.14. The van der Waals surface area contributed by atoms with E-state index in [0.717, 1.165) is 7.11 Å². The highest BCUT2D eigenvalue weighted by atomic mass is 16.4. The van der Waals surface area contributed by atoms with Gasteiger partial charge >= 0.3 is 23.9 Å². The number of carboxylic acid groups (broad SMARTS) is 4. The number of rotatable bonds is 20. The van der Waals surface area contributed by atoms with Crippen LogP contribution in [0.2, 0.25) is 0 Å². The van der Waals surface area contributed by atoms with E-state index in [-0.39, 0.29) is 84.6 Å². The van der Waals surface area contributed by atoms with Gasteiger partial charge in [-0.15, -0.1) is 0 Å². The number of aliphatic hydroxyl groups is 5. The topological polar surface area (TPSA) is 322 Å². The average Bonchev–Trinajstić information content (AvgIpc) is 3.11. The van der Waals surface area contributed by atoms with Crippen molar-refractivity contribution in [2.24, 2.45) is 0 Å². The molecule has 1 rings (SSSR count). The van der Waals surface area contributed by atoms with Crippen molar-refractivity contribution < 1.29 is 74.7 Å². The Morgan fingerprint density at radius 1 is 0.604 bits per heavy atom. The standard InChI is InChI=1S/C29H52N6O14.C2H6.CH4O/c1-20(16-36)30-23(40)4-2-21(27(46)47)34-10-6-32(14-25(42)43)8-12-35(13-9-33(7-11-34)15-26(44)45)22(28(48)49)3-5-24(41)31-29(17-37,18-38)19-39;2*1-2/h20-22,36-39H,2-19H2,1H3,(H,30,40)(H,31,41)(H,42,43)(H,44,45)(H,46,47)(H,48,49);1-2H3;2H,1H3. The molecule has 2 amide bonds. The van der Waals surface area contributed by atoms with Crippen LogP contribution < -0.4 is 10.6 Å². The van der Waals surface area contributed by atoms with Gasteiger partial charge in [0.25, 0.3) is 0 Å². The summed E-state index contributed by atoms with van der Waals surface area (Å²) in [6.07, 6.45) is -0.930. The summed E-state index contributed by atoms with van der Waals surface area (Å²) in [4.78, 5) is 79.1. The van der Waals surface area contributed by atoms with Crippen molar-refractivity contribution in [2.75, 3.05) is 99.0 Å². The summed E-state index contributed by atoms with van der Waals surface area (Å²) in [5, 5.41) is 88.8. The number of hydrogen-bond acceptors (Lipinski definition) is 15. The monoisotopic (exact) mass is 770 g/mol. The second kappa shape index (κ2) is 28.9. The van der Waals surface area contributed by atoms with E-state index in [0.29, 0.717) is 0 Å². The molecule has 0 aromatic heterocycles. The Bertz CT molecular complexity index is 1060. The summed E-state index contributed by atoms with van der Waals surface area (Å²) in [6.45, 7) is 2.10. The number of amides is 2. The molecule has 1 saturated heterocycles. The first-order valence-electron chi connectivity index (χ1n) is 17.4. The lowest BCUT2D eigenvalue weighted by Crippen LogP contribution is -2.57. The predicted octanol–water partition coefficient (Wildman–Crippen LogP) is -4.19. The van der Waals surface area contributed by atoms with Gasteiger partial charge < -0.3 is 56.6 Å². The Balaban J connectivity index is 0. The number of carboxylic acids is 4. The van der Waals surface area contributed by atoms with Gasteiger partial charge in [0, 0.05) is 78.4 Å². The normalized spacial score (nSPS) is 17.2. The smallest absolute Gasteiger partial charge is 0.320 e. The molecule has 0 radical (unpaired) electrons. The van der Waals surface area contributed by atoms with Gasteiger partial charge in [0.1, 0.15) is 17.6 Å². The molecule has 0 aromatic carbocycles. The molecule has 53 heavy (non-hydrogen) atoms. The molecule has 21 heteroatoms. The van der Waals surface area contributed by atoms with Crippen molar-refractivity contribution in [3.8, 4) is 0 Å². The summed E-state index contributed by atoms with van der Waals surface area (Å²) < 4.78 is 0. The number of hydrogen-bond donors (Lipinski definition) is 11. The van der Waals surface area contributed by atoms with E-state index in [4.69, 9.17) is 5.11 Å². The lowest BCUT2D eigenvalue weighted by atomic mass is 10.0. The maximum Gasteiger partial charge on any atom is 0.320 e. The first kappa shape index (κ1) is 51.6. The minimum atomic E-state index is -1.71. The van der Waals surface area contributed by atoms with Gasteiger partial charge in [0.2, 0.25) is 11.8 Å². The zero-order valence-corrected chi connectivity index (χ0v) is 31.2. The van der Waals surface area contributed by atoms with E-state index in [9.17, 15) is 69.6 Å². The van der Waals surface area contributed by atoms with Crippen molar-refractivity contribution >= 4 is 35.7 Å². The van der Waals surface area contributed by atoms with Gasteiger partial charge in [0.15, 0.2) is 0 Å². The van der Waals surface area contributed by atoms with Crippen LogP contribution in [0.25, 0.3) is 0 Å². The molecule has 310 valence electrons. The Labute approximate surface area is 309 Å². The Hall–Kier alpha value is -3.54. The fraction of sp³-hybridized carbons (Fsp3) is 0.812. The van der Waals surface area contributed by atoms with Crippen LogP contribution in [0.3, 0.4) is 0 Å². The van der Waals surface area contributed by atoms with Gasteiger partial charge in [-0.2, -0.15) is 0 Å². The molecular formula is C32H62N6O15. The number of aliphatic hydroxyl groups excluding tert-OH is 5. The molecule has 1 aliphatic heterocycles. The van der Waals surface area contributed by atoms with Gasteiger partial charge in [-0.25, -0.2) is 0 Å². The van der Waals surface area contributed by atoms with Crippen LogP contribution in [0.4, 0.5) is 0 Å². The zero-order valence-electron chi connectivity index (χ0n) is 31.2. The third-order valence-electron chi connectivity index (χ3n) is 8.27. The van der Waals surface area contributed by atoms with E-state index in [1.54, 1.807) is 6.92 Å². The van der Waals surface area contributed by atoms with E-state index >= 15 is 0 Å². The number of nitrogens with zero attached hydrogens (tertiary/aromatic N) is 4. The lowest BCUT2D eigenvalue weighted by Gasteiger charge is -2.37. The second-order valence-corrected chi connectivity index (χ2v) is 12.2. The molecule has 1 aliphatic rings. The van der Waals surface area contributed by atoms with Crippen LogP contribution in [-0.2, 0) is 28.8 Å². The molecule has 0 aliphatic carbocycles. The fourth-order valence-electron chi connectivity index (χ4n) is 5.33. The lowest BCUT2D eigenvalue weighted by molar-refractivity contribution is -0.145. The minimum absolute atomic E-state index is 0.0108. The molecule has 11 N–H and O–H groups in total. The van der Waals surface area contributed by atoms with Crippen molar-refractivity contribution in [3.63, 3.8) is 0 Å². The zero-order chi connectivity index (χ0) is 41.1. The minimum Gasteiger partial charge on any atom is -0.480 e. The molecule has 3 unspecified atom stereocenters. The number of aliphatic carboxylic acids is 4. The average molecular weight is 771 g/mol. The summed E-state index contributed by atoms with van der Waals surface area (Å²) in [5.74, 6) is -6.13. The molecule has 0 saturated carbocycles. The van der Waals surface area contributed by atoms with E-state index in [2.05, 4.69) is 10.6 Å². The molecule has 1 heterocycles. The van der Waals surface area contributed by atoms with E-state index in [1.165, 1.54) is 19.6 Å². The van der Waals surface area contributed by atoms with Crippen LogP contribution in [0.5, 0.6) is 0 Å². The van der Waals surface area contributed by atoms with Crippen LogP contribution in [0.1, 0.15) is 46.5 Å². The second-order valence-electron chi connectivity index (χ2n) is 12.2. The highest BCUT2D eigenvalue weighted by molar-refractivity contribution is 5.79. The van der Waals surface area contributed by atoms with Crippen molar-refractivity contribution in [2.45, 2.75) is 70.1 Å². The first-order valence-corrected chi connectivity index (χ1v) is 17.4. The Morgan fingerprint density at radius 2 is 0.943 bits per heavy atom. The van der Waals surface area contributed by atoms with E-state index in [1.807, 2.05) is 13.8 Å². The quantitative estimate of drug-likeness (QED) is 0.0559. The summed E-state index contributed by atoms with van der Waals surface area (Å²) in [7, 11) is 1.00. The van der Waals surface area contributed by atoms with Crippen LogP contribution >= 0.6 is 0 Å². The third kappa shape index (κ3) is 21.1. The molecule has 3 atom stereocenters. The van der Waals surface area contributed by atoms with Crippen molar-refractivity contribution in [1.29, 1.82) is 0 Å². The first-order chi connectivity index (χ1) is 25.1. The SMILES string of the molecule is CC.CC(CO)NC(=O)CCC(C(=O)O)N1CCN(CC(=O)O)CCN(C(CCC(=O)NC(CO)(CO)CO)C(=O)O)CCN(CC(=O)O)CC1.CO.